The number of aldehydes is 2. The van der Waals surface area contributed by atoms with Gasteiger partial charge in [-0.15, -0.1) is 0 Å². The molecule has 0 N–H and O–H groups in total. The van der Waals surface area contributed by atoms with E-state index < -0.39 is 12.4 Å². The van der Waals surface area contributed by atoms with Crippen molar-refractivity contribution < 1.29 is 19.1 Å². The molecule has 0 saturated heterocycles. The van der Waals surface area contributed by atoms with Crippen LogP contribution < -0.4 is 0 Å². The van der Waals surface area contributed by atoms with Gasteiger partial charge in [-0.3, -0.25) is 4.79 Å². The van der Waals surface area contributed by atoms with E-state index in [1.807, 2.05) is 0 Å². The maximum absolute atomic E-state index is 10.0. The summed E-state index contributed by atoms with van der Waals surface area (Å²) in [6, 6.07) is 0. The molecule has 0 radical (unpaired) electrons. The van der Waals surface area contributed by atoms with Gasteiger partial charge in [0.1, 0.15) is 12.4 Å². The van der Waals surface area contributed by atoms with E-state index >= 15 is 0 Å². The highest BCUT2D eigenvalue weighted by atomic mass is 16.7. The summed E-state index contributed by atoms with van der Waals surface area (Å²) >= 11 is 0. The molecule has 0 amide bonds. The van der Waals surface area contributed by atoms with E-state index in [0.717, 1.165) is 0 Å². The normalized spacial score (nSPS) is 15.8. The van der Waals surface area contributed by atoms with E-state index in [0.29, 0.717) is 12.6 Å². The molecule has 0 fully saturated rings. The number of methoxy groups -OCH3 is 1. The molecular formula is C6H10O4. The molecule has 10 heavy (non-hydrogen) atoms. The number of hydrogen-bond donors (Lipinski definition) is 0. The van der Waals surface area contributed by atoms with Crippen molar-refractivity contribution in [1.29, 1.82) is 0 Å². The van der Waals surface area contributed by atoms with Crippen LogP contribution in [0, 0.1) is 0 Å². The standard InChI is InChI=1S/C6H10O4/c1-5(3-7)10-6(4-8)9-2/h3-6H,1-2H3/t5-,6-/m0/s1. The average Bonchev–Trinajstić information content (AvgIpc) is 1.99. The largest absolute Gasteiger partial charge is 0.350 e. The highest BCUT2D eigenvalue weighted by molar-refractivity contribution is 5.57. The van der Waals surface area contributed by atoms with E-state index in [-0.39, 0.29) is 0 Å². The van der Waals surface area contributed by atoms with Crippen molar-refractivity contribution in [3.05, 3.63) is 0 Å². The number of hydrogen-bond acceptors (Lipinski definition) is 4. The zero-order chi connectivity index (χ0) is 7.98. The zero-order valence-electron chi connectivity index (χ0n) is 5.94. The molecule has 0 unspecified atom stereocenters. The fraction of sp³-hybridized carbons (Fsp3) is 0.667. The fourth-order valence-corrected chi connectivity index (χ4v) is 0.387. The van der Waals surface area contributed by atoms with Crippen molar-refractivity contribution in [1.82, 2.24) is 0 Å². The molecule has 0 aliphatic heterocycles. The highest BCUT2D eigenvalue weighted by Crippen LogP contribution is 1.93. The molecular weight excluding hydrogens is 136 g/mol. The van der Waals surface area contributed by atoms with Crippen molar-refractivity contribution in [3.8, 4) is 0 Å². The number of carbonyl (C=O) groups is 2. The first kappa shape index (κ1) is 9.26. The van der Waals surface area contributed by atoms with Crippen molar-refractivity contribution in [2.75, 3.05) is 7.11 Å². The van der Waals surface area contributed by atoms with E-state index in [2.05, 4.69) is 4.74 Å². The van der Waals surface area contributed by atoms with E-state index in [4.69, 9.17) is 4.74 Å². The van der Waals surface area contributed by atoms with Crippen LogP contribution in [-0.2, 0) is 19.1 Å². The Morgan fingerprint density at radius 3 is 2.20 bits per heavy atom. The summed E-state index contributed by atoms with van der Waals surface area (Å²) in [6.45, 7) is 1.53. The first-order valence-electron chi connectivity index (χ1n) is 2.83. The van der Waals surface area contributed by atoms with Gasteiger partial charge in [0.25, 0.3) is 0 Å². The summed E-state index contributed by atoms with van der Waals surface area (Å²) in [4.78, 5) is 20.0. The van der Waals surface area contributed by atoms with Gasteiger partial charge in [-0.1, -0.05) is 0 Å². The average molecular weight is 146 g/mol. The first-order valence-corrected chi connectivity index (χ1v) is 2.83. The van der Waals surface area contributed by atoms with Gasteiger partial charge in [-0.25, -0.2) is 0 Å². The smallest absolute Gasteiger partial charge is 0.215 e. The van der Waals surface area contributed by atoms with Gasteiger partial charge < -0.3 is 14.3 Å². The summed E-state index contributed by atoms with van der Waals surface area (Å²) in [5.41, 5.74) is 0. The molecule has 2 atom stereocenters. The van der Waals surface area contributed by atoms with Crippen LogP contribution in [0.15, 0.2) is 0 Å². The molecule has 58 valence electrons. The van der Waals surface area contributed by atoms with Crippen LogP contribution in [-0.4, -0.2) is 32.1 Å². The van der Waals surface area contributed by atoms with Crippen molar-refractivity contribution >= 4 is 12.6 Å². The summed E-state index contributed by atoms with van der Waals surface area (Å²) in [5.74, 6) is 0. The molecule has 0 bridgehead atoms. The van der Waals surface area contributed by atoms with Crippen LogP contribution in [0.1, 0.15) is 6.92 Å². The third-order valence-corrected chi connectivity index (χ3v) is 0.884. The van der Waals surface area contributed by atoms with Gasteiger partial charge >= 0.3 is 0 Å². The second-order valence-corrected chi connectivity index (χ2v) is 1.72. The Hall–Kier alpha value is -0.740. The maximum atomic E-state index is 10.0. The summed E-state index contributed by atoms with van der Waals surface area (Å²) in [5, 5.41) is 0. The molecule has 0 saturated carbocycles. The van der Waals surface area contributed by atoms with Gasteiger partial charge in [-0.05, 0) is 6.92 Å². The zero-order valence-corrected chi connectivity index (χ0v) is 5.94. The van der Waals surface area contributed by atoms with Gasteiger partial charge in [0.05, 0.1) is 0 Å². The Bertz CT molecular complexity index is 112. The van der Waals surface area contributed by atoms with Gasteiger partial charge in [-0.2, -0.15) is 0 Å². The maximum Gasteiger partial charge on any atom is 0.215 e. The quantitative estimate of drug-likeness (QED) is 0.397. The molecule has 0 aliphatic carbocycles. The molecule has 0 aliphatic rings. The predicted octanol–water partition coefficient (Wildman–Crippen LogP) is -0.238. The van der Waals surface area contributed by atoms with Gasteiger partial charge in [0, 0.05) is 7.11 Å². The molecule has 0 aromatic carbocycles. The minimum Gasteiger partial charge on any atom is -0.350 e. The Kier molecular flexibility index (Phi) is 4.70. The number of carbonyl (C=O) groups excluding carboxylic acids is 2. The van der Waals surface area contributed by atoms with Crippen LogP contribution in [0.2, 0.25) is 0 Å². The van der Waals surface area contributed by atoms with Crippen molar-refractivity contribution in [2.45, 2.75) is 19.3 Å². The Morgan fingerprint density at radius 2 is 1.90 bits per heavy atom. The molecule has 0 aromatic rings. The molecule has 0 heterocycles. The monoisotopic (exact) mass is 146 g/mol. The van der Waals surface area contributed by atoms with Crippen LogP contribution in [0.25, 0.3) is 0 Å². The Morgan fingerprint density at radius 1 is 1.30 bits per heavy atom. The minimum atomic E-state index is -0.930. The lowest BCUT2D eigenvalue weighted by atomic mass is 10.4. The van der Waals surface area contributed by atoms with Crippen LogP contribution >= 0.6 is 0 Å². The van der Waals surface area contributed by atoms with Crippen LogP contribution in [0.3, 0.4) is 0 Å². The summed E-state index contributed by atoms with van der Waals surface area (Å²) in [7, 11) is 1.33. The van der Waals surface area contributed by atoms with E-state index in [1.54, 1.807) is 0 Å². The number of ether oxygens (including phenoxy) is 2. The lowest BCUT2D eigenvalue weighted by Crippen LogP contribution is -2.23. The predicted molar refractivity (Wildman–Crippen MR) is 33.5 cm³/mol. The van der Waals surface area contributed by atoms with Gasteiger partial charge in [0.2, 0.25) is 6.29 Å². The lowest BCUT2D eigenvalue weighted by Gasteiger charge is -2.10. The van der Waals surface area contributed by atoms with Crippen LogP contribution in [0.5, 0.6) is 0 Å². The molecule has 0 aromatic heterocycles. The van der Waals surface area contributed by atoms with Crippen LogP contribution in [0.4, 0.5) is 0 Å². The van der Waals surface area contributed by atoms with E-state index in [1.165, 1.54) is 14.0 Å². The third kappa shape index (κ3) is 3.32. The van der Waals surface area contributed by atoms with E-state index in [9.17, 15) is 9.59 Å². The fourth-order valence-electron chi connectivity index (χ4n) is 0.387. The Labute approximate surface area is 59.1 Å². The molecule has 4 nitrogen and oxygen atoms in total. The number of rotatable bonds is 5. The van der Waals surface area contributed by atoms with Crippen molar-refractivity contribution in [3.63, 3.8) is 0 Å². The second kappa shape index (κ2) is 5.08. The highest BCUT2D eigenvalue weighted by Gasteiger charge is 2.08. The molecule has 4 heteroatoms. The third-order valence-electron chi connectivity index (χ3n) is 0.884. The Balaban J connectivity index is 3.61. The SMILES string of the molecule is CO[C@H](C=O)O[C@@H](C)C=O. The topological polar surface area (TPSA) is 52.6 Å². The first-order chi connectivity index (χ1) is 4.74. The molecule has 0 rings (SSSR count). The van der Waals surface area contributed by atoms with Gasteiger partial charge in [0.15, 0.2) is 6.29 Å². The lowest BCUT2D eigenvalue weighted by molar-refractivity contribution is -0.163. The summed E-state index contributed by atoms with van der Waals surface area (Å²) < 4.78 is 9.26. The van der Waals surface area contributed by atoms with Crippen molar-refractivity contribution in [2.24, 2.45) is 0 Å². The summed E-state index contributed by atoms with van der Waals surface area (Å²) in [6.07, 6.45) is -0.453. The minimum absolute atomic E-state index is 0.486. The second-order valence-electron chi connectivity index (χ2n) is 1.72. The molecule has 0 spiro atoms.